The molecule has 1 rings (SSSR count). The van der Waals surface area contributed by atoms with Crippen LogP contribution in [-0.2, 0) is 10.0 Å². The van der Waals surface area contributed by atoms with Crippen LogP contribution in [0.2, 0.25) is 0 Å². The molecule has 65 valence electrons. The molecule has 0 spiro atoms. The first-order valence-electron chi connectivity index (χ1n) is 3.23. The molecule has 5 heteroatoms. The van der Waals surface area contributed by atoms with Crippen molar-refractivity contribution in [1.29, 1.82) is 0 Å². The van der Waals surface area contributed by atoms with Gasteiger partial charge >= 0.3 is 0 Å². The predicted octanol–water partition coefficient (Wildman–Crippen LogP) is 1.61. The average molecular weight is 202 g/mol. The highest BCUT2D eigenvalue weighted by Gasteiger charge is 2.03. The van der Waals surface area contributed by atoms with E-state index in [1.165, 1.54) is 0 Å². The molecule has 0 fully saturated rings. The van der Waals surface area contributed by atoms with Gasteiger partial charge in [0.1, 0.15) is 0 Å². The van der Waals surface area contributed by atoms with Crippen LogP contribution in [-0.4, -0.2) is 14.7 Å². The molecule has 0 atom stereocenters. The van der Waals surface area contributed by atoms with Gasteiger partial charge in [-0.1, -0.05) is 24.8 Å². The first-order valence-corrected chi connectivity index (χ1v) is 5.53. The summed E-state index contributed by atoms with van der Waals surface area (Å²) >= 11 is 4.89. The number of anilines is 1. The van der Waals surface area contributed by atoms with Crippen molar-refractivity contribution in [1.82, 2.24) is 0 Å². The third-order valence-electron chi connectivity index (χ3n) is 1.18. The molecule has 0 unspecified atom stereocenters. The lowest BCUT2D eigenvalue weighted by Crippen LogP contribution is -2.09. The summed E-state index contributed by atoms with van der Waals surface area (Å²) in [5, 5.41) is 0. The second-order valence-electron chi connectivity index (χ2n) is 2.37. The number of rotatable bonds is 2. The fourth-order valence-corrected chi connectivity index (χ4v) is 1.59. The van der Waals surface area contributed by atoms with Gasteiger partial charge in [0.2, 0.25) is 10.0 Å². The van der Waals surface area contributed by atoms with Crippen LogP contribution in [0.5, 0.6) is 0 Å². The maximum atomic E-state index is 10.8. The summed E-state index contributed by atoms with van der Waals surface area (Å²) in [5.41, 5.74) is 0.454. The standard InChI is InChI=1S/C7H8NO2S2/c1-12(9,10)8-6-4-2-3-5-7(6)11/h2-5,8H,1H3. The van der Waals surface area contributed by atoms with E-state index in [4.69, 9.17) is 12.6 Å². The Hall–Kier alpha value is -0.810. The molecule has 0 amide bonds. The minimum absolute atomic E-state index is 0.454. The molecule has 1 radical (unpaired) electrons. The van der Waals surface area contributed by atoms with E-state index < -0.39 is 10.0 Å². The van der Waals surface area contributed by atoms with Crippen molar-refractivity contribution in [2.24, 2.45) is 0 Å². The van der Waals surface area contributed by atoms with E-state index >= 15 is 0 Å². The number of benzene rings is 1. The molecular weight excluding hydrogens is 194 g/mol. The normalized spacial score (nSPS) is 11.1. The van der Waals surface area contributed by atoms with Gasteiger partial charge in [0.05, 0.1) is 16.8 Å². The summed E-state index contributed by atoms with van der Waals surface area (Å²) in [5.74, 6) is 0. The van der Waals surface area contributed by atoms with Crippen molar-refractivity contribution in [2.45, 2.75) is 4.90 Å². The van der Waals surface area contributed by atoms with Gasteiger partial charge in [-0.2, -0.15) is 0 Å². The molecule has 0 saturated heterocycles. The molecule has 0 bridgehead atoms. The predicted molar refractivity (Wildman–Crippen MR) is 50.8 cm³/mol. The zero-order valence-electron chi connectivity index (χ0n) is 6.44. The molecule has 1 N–H and O–H groups in total. The summed E-state index contributed by atoms with van der Waals surface area (Å²) < 4.78 is 23.9. The van der Waals surface area contributed by atoms with E-state index in [0.717, 1.165) is 6.26 Å². The van der Waals surface area contributed by atoms with E-state index in [1.807, 2.05) is 0 Å². The summed E-state index contributed by atoms with van der Waals surface area (Å²) in [7, 11) is -3.22. The third kappa shape index (κ3) is 2.67. The number of hydrogen-bond acceptors (Lipinski definition) is 2. The summed E-state index contributed by atoms with van der Waals surface area (Å²) in [6.07, 6.45) is 1.09. The largest absolute Gasteiger partial charge is 0.282 e. The van der Waals surface area contributed by atoms with Crippen molar-refractivity contribution in [3.63, 3.8) is 0 Å². The molecule has 0 aliphatic heterocycles. The number of sulfonamides is 1. The SMILES string of the molecule is CS(=O)(=O)Nc1ccccc1[S]. The minimum Gasteiger partial charge on any atom is -0.282 e. The van der Waals surface area contributed by atoms with Gasteiger partial charge in [0, 0.05) is 0 Å². The van der Waals surface area contributed by atoms with Crippen LogP contribution in [0.1, 0.15) is 0 Å². The van der Waals surface area contributed by atoms with Gasteiger partial charge < -0.3 is 0 Å². The highest BCUT2D eigenvalue weighted by atomic mass is 32.2. The Morgan fingerprint density at radius 2 is 1.92 bits per heavy atom. The molecule has 12 heavy (non-hydrogen) atoms. The van der Waals surface area contributed by atoms with E-state index in [2.05, 4.69) is 4.72 Å². The monoisotopic (exact) mass is 202 g/mol. The lowest BCUT2D eigenvalue weighted by molar-refractivity contribution is 0.606. The van der Waals surface area contributed by atoms with E-state index in [0.29, 0.717) is 10.6 Å². The summed E-state index contributed by atoms with van der Waals surface area (Å²) in [6, 6.07) is 6.78. The van der Waals surface area contributed by atoms with Crippen molar-refractivity contribution >= 4 is 28.3 Å². The number of nitrogens with one attached hydrogen (secondary N) is 1. The Morgan fingerprint density at radius 1 is 1.33 bits per heavy atom. The molecule has 0 heterocycles. The van der Waals surface area contributed by atoms with Crippen molar-refractivity contribution < 1.29 is 8.42 Å². The Labute approximate surface area is 77.3 Å². The molecule has 0 aliphatic carbocycles. The molecule has 3 nitrogen and oxygen atoms in total. The molecule has 0 aliphatic rings. The first kappa shape index (κ1) is 9.28. The van der Waals surface area contributed by atoms with Gasteiger partial charge in [-0.3, -0.25) is 4.72 Å². The van der Waals surface area contributed by atoms with Crippen molar-refractivity contribution in [2.75, 3.05) is 11.0 Å². The van der Waals surface area contributed by atoms with Gasteiger partial charge in [-0.05, 0) is 12.1 Å². The number of para-hydroxylation sites is 1. The minimum atomic E-state index is -3.22. The van der Waals surface area contributed by atoms with Crippen LogP contribution in [0.3, 0.4) is 0 Å². The second kappa shape index (κ2) is 3.28. The van der Waals surface area contributed by atoms with Crippen LogP contribution in [0, 0.1) is 0 Å². The van der Waals surface area contributed by atoms with Crippen LogP contribution >= 0.6 is 12.6 Å². The fourth-order valence-electron chi connectivity index (χ4n) is 0.751. The number of hydrogen-bond donors (Lipinski definition) is 1. The van der Waals surface area contributed by atoms with Crippen LogP contribution < -0.4 is 4.72 Å². The Bertz CT molecular complexity index is 373. The summed E-state index contributed by atoms with van der Waals surface area (Å²) in [6.45, 7) is 0. The van der Waals surface area contributed by atoms with E-state index in [1.54, 1.807) is 24.3 Å². The molecule has 1 aromatic carbocycles. The smallest absolute Gasteiger partial charge is 0.229 e. The lowest BCUT2D eigenvalue weighted by Gasteiger charge is -2.04. The highest BCUT2D eigenvalue weighted by Crippen LogP contribution is 2.19. The zero-order chi connectivity index (χ0) is 9.19. The highest BCUT2D eigenvalue weighted by molar-refractivity contribution is 7.92. The van der Waals surface area contributed by atoms with E-state index in [-0.39, 0.29) is 0 Å². The summed E-state index contributed by atoms with van der Waals surface area (Å²) in [4.78, 5) is 0.503. The van der Waals surface area contributed by atoms with Gasteiger partial charge in [-0.15, -0.1) is 0 Å². The first-order chi connectivity index (χ1) is 5.49. The van der Waals surface area contributed by atoms with Gasteiger partial charge in [-0.25, -0.2) is 8.42 Å². The molecular formula is C7H8NO2S2. The zero-order valence-corrected chi connectivity index (χ0v) is 8.08. The second-order valence-corrected chi connectivity index (χ2v) is 4.56. The van der Waals surface area contributed by atoms with Gasteiger partial charge in [0.25, 0.3) is 0 Å². The van der Waals surface area contributed by atoms with Crippen molar-refractivity contribution in [3.8, 4) is 0 Å². The Kier molecular flexibility index (Phi) is 2.54. The molecule has 1 aromatic rings. The molecule has 0 saturated carbocycles. The maximum absolute atomic E-state index is 10.8. The van der Waals surface area contributed by atoms with Crippen LogP contribution in [0.25, 0.3) is 0 Å². The van der Waals surface area contributed by atoms with Crippen molar-refractivity contribution in [3.05, 3.63) is 24.3 Å². The third-order valence-corrected chi connectivity index (χ3v) is 2.13. The quantitative estimate of drug-likeness (QED) is 0.792. The topological polar surface area (TPSA) is 46.2 Å². The average Bonchev–Trinajstić information content (AvgIpc) is 1.91. The lowest BCUT2D eigenvalue weighted by atomic mass is 10.3. The van der Waals surface area contributed by atoms with Crippen LogP contribution in [0.4, 0.5) is 5.69 Å². The fraction of sp³-hybridized carbons (Fsp3) is 0.143. The molecule has 0 aromatic heterocycles. The Balaban J connectivity index is 2.98. The van der Waals surface area contributed by atoms with Gasteiger partial charge in [0.15, 0.2) is 0 Å². The van der Waals surface area contributed by atoms with E-state index in [9.17, 15) is 8.42 Å². The maximum Gasteiger partial charge on any atom is 0.229 e. The Morgan fingerprint density at radius 3 is 2.42 bits per heavy atom. The van der Waals surface area contributed by atoms with Crippen LogP contribution in [0.15, 0.2) is 29.2 Å².